The minimum absolute atomic E-state index is 0.111. The lowest BCUT2D eigenvalue weighted by molar-refractivity contribution is 0.000212. The smallest absolute Gasteiger partial charge is 0.410 e. The summed E-state index contributed by atoms with van der Waals surface area (Å²) in [5.74, 6) is 0.933. The number of imidazole rings is 1. The molecule has 1 fully saturated rings. The van der Waals surface area contributed by atoms with Crippen molar-refractivity contribution in [1.82, 2.24) is 19.4 Å². The Morgan fingerprint density at radius 3 is 2.64 bits per heavy atom. The maximum atomic E-state index is 12.2. The number of piperazine rings is 1. The van der Waals surface area contributed by atoms with E-state index < -0.39 is 5.60 Å². The van der Waals surface area contributed by atoms with Gasteiger partial charge in [-0.15, -0.1) is 0 Å². The molecule has 1 unspecified atom stereocenters. The number of rotatable bonds is 2. The highest BCUT2D eigenvalue weighted by Gasteiger charge is 2.31. The summed E-state index contributed by atoms with van der Waals surface area (Å²) in [5, 5.41) is 0.635. The minimum atomic E-state index is -0.461. The van der Waals surface area contributed by atoms with Crippen molar-refractivity contribution in [1.29, 1.82) is 0 Å². The van der Waals surface area contributed by atoms with Crippen molar-refractivity contribution in [3.05, 3.63) is 17.2 Å². The topological polar surface area (TPSA) is 50.6 Å². The maximum absolute atomic E-state index is 12.2. The van der Waals surface area contributed by atoms with Crippen LogP contribution in [0.15, 0.2) is 6.20 Å². The van der Waals surface area contributed by atoms with Gasteiger partial charge in [0.05, 0.1) is 12.7 Å². The van der Waals surface area contributed by atoms with Crippen LogP contribution in [0.1, 0.15) is 33.5 Å². The molecule has 0 aliphatic carbocycles. The summed E-state index contributed by atoms with van der Waals surface area (Å²) in [7, 11) is 1.91. The second-order valence-electron chi connectivity index (χ2n) is 6.81. The Morgan fingerprint density at radius 2 is 2.14 bits per heavy atom. The number of ether oxygens (including phenoxy) is 1. The summed E-state index contributed by atoms with van der Waals surface area (Å²) in [6, 6.07) is 0.111. The van der Waals surface area contributed by atoms with E-state index in [1.54, 1.807) is 11.1 Å². The summed E-state index contributed by atoms with van der Waals surface area (Å²) in [5.41, 5.74) is -0.461. The van der Waals surface area contributed by atoms with E-state index in [1.807, 2.05) is 39.3 Å². The first kappa shape index (κ1) is 17.1. The lowest BCUT2D eigenvalue weighted by Gasteiger charge is -2.40. The fourth-order valence-corrected chi connectivity index (χ4v) is 2.69. The van der Waals surface area contributed by atoms with Gasteiger partial charge in [0.1, 0.15) is 16.6 Å². The maximum Gasteiger partial charge on any atom is 0.410 e. The van der Waals surface area contributed by atoms with Crippen LogP contribution in [0.4, 0.5) is 4.79 Å². The number of hydrogen-bond donors (Lipinski definition) is 0. The number of halogens is 1. The normalized spacial score (nSPS) is 20.3. The molecule has 2 rings (SSSR count). The Kier molecular flexibility index (Phi) is 5.02. The van der Waals surface area contributed by atoms with Crippen LogP contribution in [-0.2, 0) is 18.3 Å². The minimum Gasteiger partial charge on any atom is -0.444 e. The van der Waals surface area contributed by atoms with Crippen molar-refractivity contribution in [2.75, 3.05) is 19.6 Å². The van der Waals surface area contributed by atoms with Crippen LogP contribution in [0.25, 0.3) is 0 Å². The van der Waals surface area contributed by atoms with Gasteiger partial charge in [-0.25, -0.2) is 9.78 Å². The summed E-state index contributed by atoms with van der Waals surface area (Å²) in [6.45, 7) is 10.7. The molecule has 0 spiro atoms. The van der Waals surface area contributed by atoms with Crippen molar-refractivity contribution >= 4 is 17.7 Å². The average molecular weight is 329 g/mol. The van der Waals surface area contributed by atoms with Crippen molar-refractivity contribution in [2.24, 2.45) is 7.05 Å². The molecule has 0 N–H and O–H groups in total. The third-order valence-corrected chi connectivity index (χ3v) is 4.08. The van der Waals surface area contributed by atoms with E-state index in [-0.39, 0.29) is 12.1 Å². The van der Waals surface area contributed by atoms with E-state index in [0.29, 0.717) is 11.7 Å². The SMILES string of the molecule is CC1CN(Cc2ncc(Cl)n2C)CCN1C(=O)OC(C)(C)C. The zero-order valence-electron chi connectivity index (χ0n) is 14.0. The van der Waals surface area contributed by atoms with E-state index in [4.69, 9.17) is 16.3 Å². The standard InChI is InChI=1S/C15H25ClN4O2/c1-11-9-19(10-13-17-8-12(16)18(13)5)6-7-20(11)14(21)22-15(2,3)4/h8,11H,6-7,9-10H2,1-5H3. The van der Waals surface area contributed by atoms with Gasteiger partial charge in [0, 0.05) is 32.7 Å². The Hall–Kier alpha value is -1.27. The Labute approximate surface area is 137 Å². The van der Waals surface area contributed by atoms with Crippen LogP contribution in [0.3, 0.4) is 0 Å². The third-order valence-electron chi connectivity index (χ3n) is 3.73. The van der Waals surface area contributed by atoms with E-state index in [0.717, 1.165) is 25.5 Å². The molecule has 0 saturated carbocycles. The molecular formula is C15H25ClN4O2. The van der Waals surface area contributed by atoms with Gasteiger partial charge in [-0.3, -0.25) is 4.90 Å². The van der Waals surface area contributed by atoms with Crippen molar-refractivity contribution in [3.8, 4) is 0 Å². The van der Waals surface area contributed by atoms with Gasteiger partial charge < -0.3 is 14.2 Å². The molecule has 1 amide bonds. The van der Waals surface area contributed by atoms with Gasteiger partial charge >= 0.3 is 6.09 Å². The molecule has 1 aromatic heterocycles. The molecule has 1 saturated heterocycles. The molecule has 6 nitrogen and oxygen atoms in total. The lowest BCUT2D eigenvalue weighted by Crippen LogP contribution is -2.54. The lowest BCUT2D eigenvalue weighted by atomic mass is 10.2. The van der Waals surface area contributed by atoms with Crippen LogP contribution in [0.5, 0.6) is 0 Å². The largest absolute Gasteiger partial charge is 0.444 e. The molecule has 1 aliphatic heterocycles. The summed E-state index contributed by atoms with van der Waals surface area (Å²) >= 11 is 6.01. The van der Waals surface area contributed by atoms with Gasteiger partial charge in [0.25, 0.3) is 0 Å². The van der Waals surface area contributed by atoms with E-state index in [2.05, 4.69) is 9.88 Å². The number of hydrogen-bond acceptors (Lipinski definition) is 4. The Balaban J connectivity index is 1.92. The first-order valence-corrected chi connectivity index (χ1v) is 7.93. The first-order valence-electron chi connectivity index (χ1n) is 7.55. The van der Waals surface area contributed by atoms with Crippen LogP contribution >= 0.6 is 11.6 Å². The van der Waals surface area contributed by atoms with Crippen molar-refractivity contribution < 1.29 is 9.53 Å². The highest BCUT2D eigenvalue weighted by molar-refractivity contribution is 6.29. The molecular weight excluding hydrogens is 304 g/mol. The number of amides is 1. The predicted octanol–water partition coefficient (Wildman–Crippen LogP) is 2.51. The predicted molar refractivity (Wildman–Crippen MR) is 85.9 cm³/mol. The summed E-state index contributed by atoms with van der Waals surface area (Å²) < 4.78 is 7.34. The van der Waals surface area contributed by atoms with Crippen LogP contribution in [0.2, 0.25) is 5.15 Å². The molecule has 0 bridgehead atoms. The fraction of sp³-hybridized carbons (Fsp3) is 0.733. The zero-order chi connectivity index (χ0) is 16.5. The highest BCUT2D eigenvalue weighted by atomic mass is 35.5. The second kappa shape index (κ2) is 6.46. The molecule has 0 aromatic carbocycles. The van der Waals surface area contributed by atoms with Crippen LogP contribution in [0, 0.1) is 0 Å². The van der Waals surface area contributed by atoms with Crippen LogP contribution < -0.4 is 0 Å². The molecule has 7 heteroatoms. The quantitative estimate of drug-likeness (QED) is 0.837. The van der Waals surface area contributed by atoms with E-state index >= 15 is 0 Å². The molecule has 124 valence electrons. The van der Waals surface area contributed by atoms with Gasteiger partial charge in [-0.05, 0) is 27.7 Å². The number of nitrogens with zero attached hydrogens (tertiary/aromatic N) is 4. The molecule has 22 heavy (non-hydrogen) atoms. The Morgan fingerprint density at radius 1 is 1.45 bits per heavy atom. The van der Waals surface area contributed by atoms with Crippen LogP contribution in [-0.4, -0.2) is 56.7 Å². The number of carbonyl (C=O) groups excluding carboxylic acids is 1. The zero-order valence-corrected chi connectivity index (χ0v) is 14.7. The van der Waals surface area contributed by atoms with Gasteiger partial charge in [0.15, 0.2) is 0 Å². The fourth-order valence-electron chi connectivity index (χ4n) is 2.54. The Bertz CT molecular complexity index is 538. The first-order chi connectivity index (χ1) is 10.2. The highest BCUT2D eigenvalue weighted by Crippen LogP contribution is 2.18. The van der Waals surface area contributed by atoms with Gasteiger partial charge in [-0.1, -0.05) is 11.6 Å². The third kappa shape index (κ3) is 4.14. The van der Waals surface area contributed by atoms with Gasteiger partial charge in [-0.2, -0.15) is 0 Å². The van der Waals surface area contributed by atoms with Crippen molar-refractivity contribution in [2.45, 2.75) is 45.9 Å². The number of aromatic nitrogens is 2. The molecule has 1 aromatic rings. The van der Waals surface area contributed by atoms with Crippen molar-refractivity contribution in [3.63, 3.8) is 0 Å². The molecule has 0 radical (unpaired) electrons. The summed E-state index contributed by atoms with van der Waals surface area (Å²) in [4.78, 5) is 20.6. The van der Waals surface area contributed by atoms with Gasteiger partial charge in [0.2, 0.25) is 0 Å². The molecule has 1 atom stereocenters. The molecule has 1 aliphatic rings. The molecule has 2 heterocycles. The monoisotopic (exact) mass is 328 g/mol. The average Bonchev–Trinajstić information content (AvgIpc) is 2.68. The summed E-state index contributed by atoms with van der Waals surface area (Å²) in [6.07, 6.45) is 1.43. The number of carbonyl (C=O) groups is 1. The van der Waals surface area contributed by atoms with E-state index in [1.165, 1.54) is 0 Å². The second-order valence-corrected chi connectivity index (χ2v) is 7.20. The van der Waals surface area contributed by atoms with E-state index in [9.17, 15) is 4.79 Å².